The third-order valence-electron chi connectivity index (χ3n) is 0.758. The van der Waals surface area contributed by atoms with Crippen molar-refractivity contribution in [2.45, 2.75) is 20.0 Å². The van der Waals surface area contributed by atoms with Crippen molar-refractivity contribution in [1.82, 2.24) is 5.48 Å². The maximum atomic E-state index is 10.1. The Labute approximate surface area is 59.4 Å². The van der Waals surface area contributed by atoms with Gasteiger partial charge in [-0.3, -0.25) is 10.3 Å². The smallest absolute Gasteiger partial charge is 0.335 e. The average Bonchev–Trinajstić information content (AvgIpc) is 1.82. The molecule has 0 spiro atoms. The minimum Gasteiger partial charge on any atom is -0.479 e. The molecule has 58 valence electrons. The maximum absolute atomic E-state index is 10.1. The number of hydrogen-bond donors (Lipinski definition) is 2. The highest BCUT2D eigenvalue weighted by Crippen LogP contribution is 1.88. The van der Waals surface area contributed by atoms with Gasteiger partial charge in [0, 0.05) is 5.70 Å². The monoisotopic (exact) mass is 145 g/mol. The predicted octanol–water partition coefficient (Wildman–Crippen LogP) is 0.514. The fourth-order valence-corrected chi connectivity index (χ4v) is 0.239. The zero-order chi connectivity index (χ0) is 8.15. The van der Waals surface area contributed by atoms with Crippen molar-refractivity contribution in [2.75, 3.05) is 0 Å². The third kappa shape index (κ3) is 3.91. The molecule has 0 heterocycles. The van der Waals surface area contributed by atoms with Crippen LogP contribution in [-0.4, -0.2) is 17.2 Å². The van der Waals surface area contributed by atoms with Crippen LogP contribution in [0.25, 0.3) is 0 Å². The number of carboxylic acids is 1. The average molecular weight is 145 g/mol. The van der Waals surface area contributed by atoms with Crippen molar-refractivity contribution < 1.29 is 14.7 Å². The van der Waals surface area contributed by atoms with Gasteiger partial charge in [-0.25, -0.2) is 4.79 Å². The van der Waals surface area contributed by atoms with Gasteiger partial charge in [-0.05, 0) is 13.8 Å². The Kier molecular flexibility index (Phi) is 3.49. The van der Waals surface area contributed by atoms with Crippen molar-refractivity contribution in [3.05, 3.63) is 12.3 Å². The second kappa shape index (κ2) is 3.90. The Balaban J connectivity index is 3.49. The number of allylic oxidation sites excluding steroid dienone is 1. The van der Waals surface area contributed by atoms with Crippen molar-refractivity contribution in [3.63, 3.8) is 0 Å². The van der Waals surface area contributed by atoms with E-state index < -0.39 is 12.1 Å². The number of hydroxylamine groups is 1. The molecule has 2 N–H and O–H groups in total. The molecule has 10 heavy (non-hydrogen) atoms. The molecule has 0 saturated carbocycles. The highest BCUT2D eigenvalue weighted by Gasteiger charge is 2.10. The van der Waals surface area contributed by atoms with E-state index in [9.17, 15) is 4.79 Å². The first-order valence-electron chi connectivity index (χ1n) is 2.84. The predicted molar refractivity (Wildman–Crippen MR) is 36.1 cm³/mol. The van der Waals surface area contributed by atoms with E-state index in [0.29, 0.717) is 5.70 Å². The summed E-state index contributed by atoms with van der Waals surface area (Å²) in [6, 6.07) is 0. The van der Waals surface area contributed by atoms with Crippen LogP contribution in [-0.2, 0) is 9.63 Å². The van der Waals surface area contributed by atoms with Crippen LogP contribution in [0, 0.1) is 0 Å². The van der Waals surface area contributed by atoms with E-state index in [1.54, 1.807) is 6.92 Å². The fraction of sp³-hybridized carbons (Fsp3) is 0.500. The summed E-state index contributed by atoms with van der Waals surface area (Å²) in [5, 5.41) is 8.30. The number of hydrogen-bond acceptors (Lipinski definition) is 3. The van der Waals surface area contributed by atoms with Gasteiger partial charge in [0.2, 0.25) is 0 Å². The lowest BCUT2D eigenvalue weighted by molar-refractivity contribution is -0.152. The lowest BCUT2D eigenvalue weighted by Gasteiger charge is -2.08. The van der Waals surface area contributed by atoms with Crippen LogP contribution in [0.1, 0.15) is 13.8 Å². The summed E-state index contributed by atoms with van der Waals surface area (Å²) < 4.78 is 0. The van der Waals surface area contributed by atoms with Gasteiger partial charge < -0.3 is 5.11 Å². The van der Waals surface area contributed by atoms with Gasteiger partial charge in [0.25, 0.3) is 0 Å². The first-order chi connectivity index (χ1) is 4.54. The first-order valence-corrected chi connectivity index (χ1v) is 2.84. The molecule has 0 aromatic heterocycles. The van der Waals surface area contributed by atoms with E-state index in [0.717, 1.165) is 0 Å². The van der Waals surface area contributed by atoms with Gasteiger partial charge in [-0.15, -0.1) is 0 Å². The Morgan fingerprint density at radius 2 is 2.30 bits per heavy atom. The van der Waals surface area contributed by atoms with Gasteiger partial charge in [0.1, 0.15) is 0 Å². The number of carbonyl (C=O) groups is 1. The molecule has 0 radical (unpaired) electrons. The Bertz CT molecular complexity index is 144. The molecule has 4 nitrogen and oxygen atoms in total. The molecule has 0 bridgehead atoms. The lowest BCUT2D eigenvalue weighted by Crippen LogP contribution is -2.26. The lowest BCUT2D eigenvalue weighted by atomic mass is 10.4. The molecular weight excluding hydrogens is 134 g/mol. The SMILES string of the molecule is C=C(C)NOC(C)C(=O)O. The second-order valence-electron chi connectivity index (χ2n) is 1.98. The van der Waals surface area contributed by atoms with Crippen molar-refractivity contribution >= 4 is 5.97 Å². The topological polar surface area (TPSA) is 58.6 Å². The van der Waals surface area contributed by atoms with Crippen molar-refractivity contribution in [1.29, 1.82) is 0 Å². The zero-order valence-corrected chi connectivity index (χ0v) is 6.05. The fourth-order valence-electron chi connectivity index (χ4n) is 0.239. The molecule has 0 aliphatic heterocycles. The number of aliphatic carboxylic acids is 1. The summed E-state index contributed by atoms with van der Waals surface area (Å²) in [5.74, 6) is -1.01. The highest BCUT2D eigenvalue weighted by molar-refractivity contribution is 5.71. The molecule has 0 aromatic carbocycles. The number of rotatable bonds is 4. The van der Waals surface area contributed by atoms with Crippen LogP contribution in [0.3, 0.4) is 0 Å². The quantitative estimate of drug-likeness (QED) is 0.566. The first kappa shape index (κ1) is 8.97. The Morgan fingerprint density at radius 3 is 2.60 bits per heavy atom. The zero-order valence-electron chi connectivity index (χ0n) is 6.05. The van der Waals surface area contributed by atoms with Crippen molar-refractivity contribution in [3.8, 4) is 0 Å². The van der Waals surface area contributed by atoms with Gasteiger partial charge in [0.05, 0.1) is 0 Å². The summed E-state index contributed by atoms with van der Waals surface area (Å²) in [4.78, 5) is 14.7. The molecule has 0 aromatic rings. The van der Waals surface area contributed by atoms with E-state index in [1.165, 1.54) is 6.92 Å². The summed E-state index contributed by atoms with van der Waals surface area (Å²) in [7, 11) is 0. The molecule has 4 heteroatoms. The van der Waals surface area contributed by atoms with E-state index in [4.69, 9.17) is 5.11 Å². The maximum Gasteiger partial charge on any atom is 0.335 e. The van der Waals surface area contributed by atoms with E-state index in [-0.39, 0.29) is 0 Å². The third-order valence-corrected chi connectivity index (χ3v) is 0.758. The molecule has 0 aliphatic carbocycles. The molecule has 0 amide bonds. The van der Waals surface area contributed by atoms with Crippen LogP contribution in [0.5, 0.6) is 0 Å². The van der Waals surface area contributed by atoms with Crippen molar-refractivity contribution in [2.24, 2.45) is 0 Å². The summed E-state index contributed by atoms with van der Waals surface area (Å²) in [6.45, 7) is 6.56. The van der Waals surface area contributed by atoms with E-state index >= 15 is 0 Å². The number of nitrogens with one attached hydrogen (secondary N) is 1. The Morgan fingerprint density at radius 1 is 1.80 bits per heavy atom. The summed E-state index contributed by atoms with van der Waals surface area (Å²) in [5.41, 5.74) is 2.93. The highest BCUT2D eigenvalue weighted by atomic mass is 16.7. The molecule has 1 atom stereocenters. The standard InChI is InChI=1S/C6H11NO3/c1-4(2)7-10-5(3)6(8)9/h5,7H,1H2,2-3H3,(H,8,9). The molecule has 0 rings (SSSR count). The van der Waals surface area contributed by atoms with Crippen LogP contribution < -0.4 is 5.48 Å². The Hall–Kier alpha value is -1.03. The van der Waals surface area contributed by atoms with Gasteiger partial charge in [0.15, 0.2) is 6.10 Å². The minimum absolute atomic E-state index is 0.577. The molecular formula is C6H11NO3. The summed E-state index contributed by atoms with van der Waals surface area (Å²) >= 11 is 0. The van der Waals surface area contributed by atoms with E-state index in [1.807, 2.05) is 0 Å². The van der Waals surface area contributed by atoms with Gasteiger partial charge >= 0.3 is 5.97 Å². The van der Waals surface area contributed by atoms with Crippen LogP contribution in [0.4, 0.5) is 0 Å². The van der Waals surface area contributed by atoms with Crippen LogP contribution >= 0.6 is 0 Å². The molecule has 1 unspecified atom stereocenters. The molecule has 0 saturated heterocycles. The van der Waals surface area contributed by atoms with Crippen LogP contribution in [0.15, 0.2) is 12.3 Å². The summed E-state index contributed by atoms with van der Waals surface area (Å²) in [6.07, 6.45) is -0.850. The normalized spacial score (nSPS) is 12.2. The molecule has 0 aliphatic rings. The van der Waals surface area contributed by atoms with Crippen LogP contribution in [0.2, 0.25) is 0 Å². The largest absolute Gasteiger partial charge is 0.479 e. The number of carboxylic acid groups (broad SMARTS) is 1. The van der Waals surface area contributed by atoms with Gasteiger partial charge in [-0.2, -0.15) is 0 Å². The van der Waals surface area contributed by atoms with E-state index in [2.05, 4.69) is 16.9 Å². The minimum atomic E-state index is -1.01. The van der Waals surface area contributed by atoms with Gasteiger partial charge in [-0.1, -0.05) is 6.58 Å². The molecule has 0 fully saturated rings. The second-order valence-corrected chi connectivity index (χ2v) is 1.98.